The monoisotopic (exact) mass is 448 g/mol. The second-order valence-corrected chi connectivity index (χ2v) is 8.56. The Balaban J connectivity index is 1.41. The summed E-state index contributed by atoms with van der Waals surface area (Å²) >= 11 is 0. The van der Waals surface area contributed by atoms with Gasteiger partial charge in [-0.15, -0.1) is 6.58 Å². The van der Waals surface area contributed by atoms with Crippen LogP contribution in [0.25, 0.3) is 22.3 Å². The maximum absolute atomic E-state index is 14.9. The number of ether oxygens (including phenoxy) is 2. The number of hydrogen-bond acceptors (Lipinski definition) is 2. The molecule has 33 heavy (non-hydrogen) atoms. The van der Waals surface area contributed by atoms with Gasteiger partial charge in [0, 0.05) is 5.56 Å². The van der Waals surface area contributed by atoms with Crippen LogP contribution in [0.3, 0.4) is 0 Å². The van der Waals surface area contributed by atoms with Crippen molar-refractivity contribution in [3.63, 3.8) is 0 Å². The van der Waals surface area contributed by atoms with E-state index in [1.807, 2.05) is 24.3 Å². The van der Waals surface area contributed by atoms with Gasteiger partial charge < -0.3 is 9.47 Å². The fourth-order valence-electron chi connectivity index (χ4n) is 4.34. The standard InChI is InChI=1S/C29H30F2O2/c1-3-25-14-9-21(19-33-25)6-5-20-7-10-22(11-8-20)23-12-15-26(27(30)17-23)24-13-16-29(32-4-2)28(31)18-24/h3,7-8,10-13,15-18,21,25H,1,4-6,9,14,19H2,2H3. The predicted octanol–water partition coefficient (Wildman–Crippen LogP) is 7.61. The first-order valence-corrected chi connectivity index (χ1v) is 11.6. The summed E-state index contributed by atoms with van der Waals surface area (Å²) in [7, 11) is 0. The summed E-state index contributed by atoms with van der Waals surface area (Å²) in [6.45, 7) is 6.78. The van der Waals surface area contributed by atoms with Crippen LogP contribution in [0.4, 0.5) is 8.78 Å². The van der Waals surface area contributed by atoms with Crippen LogP contribution in [0.2, 0.25) is 0 Å². The van der Waals surface area contributed by atoms with Gasteiger partial charge in [-0.05, 0) is 79.0 Å². The fraction of sp³-hybridized carbons (Fsp3) is 0.310. The SMILES string of the molecule is C=CC1CCC(CCc2ccc(-c3ccc(-c4ccc(OCC)c(F)c4)c(F)c3)cc2)CO1. The molecule has 1 aliphatic heterocycles. The molecule has 1 aliphatic rings. The molecule has 0 spiro atoms. The number of halogens is 2. The summed E-state index contributed by atoms with van der Waals surface area (Å²) in [4.78, 5) is 0. The number of benzene rings is 3. The zero-order chi connectivity index (χ0) is 23.2. The molecule has 0 aliphatic carbocycles. The molecule has 0 aromatic heterocycles. The molecule has 0 amide bonds. The lowest BCUT2D eigenvalue weighted by Crippen LogP contribution is -2.24. The van der Waals surface area contributed by atoms with Gasteiger partial charge in [-0.3, -0.25) is 0 Å². The highest BCUT2D eigenvalue weighted by molar-refractivity contribution is 5.71. The van der Waals surface area contributed by atoms with Crippen molar-refractivity contribution < 1.29 is 18.3 Å². The Hall–Kier alpha value is -2.98. The van der Waals surface area contributed by atoms with Crippen molar-refractivity contribution in [3.05, 3.63) is 90.5 Å². The number of rotatable bonds is 8. The highest BCUT2D eigenvalue weighted by atomic mass is 19.1. The van der Waals surface area contributed by atoms with Gasteiger partial charge in [-0.2, -0.15) is 0 Å². The maximum Gasteiger partial charge on any atom is 0.165 e. The number of aryl methyl sites for hydroxylation is 1. The lowest BCUT2D eigenvalue weighted by Gasteiger charge is -2.27. The summed E-state index contributed by atoms with van der Waals surface area (Å²) in [6.07, 6.45) is 6.44. The molecule has 2 atom stereocenters. The summed E-state index contributed by atoms with van der Waals surface area (Å²) in [5.74, 6) is -0.103. The second kappa shape index (κ2) is 10.8. The average molecular weight is 449 g/mol. The van der Waals surface area contributed by atoms with Gasteiger partial charge in [-0.1, -0.05) is 48.5 Å². The van der Waals surface area contributed by atoms with Crippen molar-refractivity contribution in [2.24, 2.45) is 5.92 Å². The third kappa shape index (κ3) is 5.69. The quantitative estimate of drug-likeness (QED) is 0.330. The summed E-state index contributed by atoms with van der Waals surface area (Å²) < 4.78 is 40.1. The van der Waals surface area contributed by atoms with Crippen molar-refractivity contribution >= 4 is 0 Å². The molecule has 2 unspecified atom stereocenters. The molecule has 1 heterocycles. The van der Waals surface area contributed by atoms with Crippen LogP contribution >= 0.6 is 0 Å². The van der Waals surface area contributed by atoms with E-state index in [9.17, 15) is 8.78 Å². The van der Waals surface area contributed by atoms with E-state index in [0.717, 1.165) is 37.0 Å². The van der Waals surface area contributed by atoms with Crippen LogP contribution in [0.5, 0.6) is 5.75 Å². The van der Waals surface area contributed by atoms with E-state index in [4.69, 9.17) is 9.47 Å². The Morgan fingerprint density at radius 1 is 0.939 bits per heavy atom. The highest BCUT2D eigenvalue weighted by Gasteiger charge is 2.19. The van der Waals surface area contributed by atoms with Crippen LogP contribution in [0.15, 0.2) is 73.3 Å². The number of hydrogen-bond donors (Lipinski definition) is 0. The Kier molecular flexibility index (Phi) is 7.56. The molecule has 2 nitrogen and oxygen atoms in total. The molecule has 0 saturated carbocycles. The Labute approximate surface area is 194 Å². The van der Waals surface area contributed by atoms with Gasteiger partial charge in [-0.25, -0.2) is 8.78 Å². The molecule has 3 aromatic rings. The van der Waals surface area contributed by atoms with E-state index in [2.05, 4.69) is 18.7 Å². The molecule has 0 N–H and O–H groups in total. The molecule has 4 heteroatoms. The van der Waals surface area contributed by atoms with E-state index < -0.39 is 5.82 Å². The zero-order valence-corrected chi connectivity index (χ0v) is 19.0. The minimum Gasteiger partial charge on any atom is -0.491 e. The summed E-state index contributed by atoms with van der Waals surface area (Å²) in [5, 5.41) is 0. The van der Waals surface area contributed by atoms with E-state index in [-0.39, 0.29) is 17.7 Å². The van der Waals surface area contributed by atoms with Gasteiger partial charge in [0.2, 0.25) is 0 Å². The van der Waals surface area contributed by atoms with Crippen LogP contribution < -0.4 is 4.74 Å². The molecule has 4 rings (SSSR count). The molecule has 1 fully saturated rings. The topological polar surface area (TPSA) is 18.5 Å². The van der Waals surface area contributed by atoms with Crippen molar-refractivity contribution in [3.8, 4) is 28.0 Å². The maximum atomic E-state index is 14.9. The van der Waals surface area contributed by atoms with E-state index in [1.54, 1.807) is 19.1 Å². The van der Waals surface area contributed by atoms with E-state index >= 15 is 0 Å². The Morgan fingerprint density at radius 3 is 2.30 bits per heavy atom. The second-order valence-electron chi connectivity index (χ2n) is 8.56. The minimum atomic E-state index is -0.492. The van der Waals surface area contributed by atoms with Gasteiger partial charge in [0.15, 0.2) is 11.6 Å². The molecule has 172 valence electrons. The van der Waals surface area contributed by atoms with Gasteiger partial charge in [0.1, 0.15) is 5.82 Å². The third-order valence-electron chi connectivity index (χ3n) is 6.31. The summed E-state index contributed by atoms with van der Waals surface area (Å²) in [5.41, 5.74) is 3.88. The molecule has 3 aromatic carbocycles. The molecular weight excluding hydrogens is 418 g/mol. The smallest absolute Gasteiger partial charge is 0.165 e. The molecule has 1 saturated heterocycles. The highest BCUT2D eigenvalue weighted by Crippen LogP contribution is 2.31. The van der Waals surface area contributed by atoms with Gasteiger partial charge in [0.25, 0.3) is 0 Å². The molecule has 0 radical (unpaired) electrons. The first-order valence-electron chi connectivity index (χ1n) is 11.6. The van der Waals surface area contributed by atoms with Crippen molar-refractivity contribution in [2.75, 3.05) is 13.2 Å². The van der Waals surface area contributed by atoms with Crippen LogP contribution in [0.1, 0.15) is 31.7 Å². The van der Waals surface area contributed by atoms with Crippen LogP contribution in [-0.2, 0) is 11.2 Å². The van der Waals surface area contributed by atoms with Gasteiger partial charge >= 0.3 is 0 Å². The fourth-order valence-corrected chi connectivity index (χ4v) is 4.34. The Bertz CT molecular complexity index is 1080. The summed E-state index contributed by atoms with van der Waals surface area (Å²) in [6, 6.07) is 17.9. The lowest BCUT2D eigenvalue weighted by molar-refractivity contribution is 0.00886. The van der Waals surface area contributed by atoms with Gasteiger partial charge in [0.05, 0.1) is 19.3 Å². The normalized spacial score (nSPS) is 18.2. The largest absolute Gasteiger partial charge is 0.491 e. The van der Waals surface area contributed by atoms with E-state index in [1.165, 1.54) is 30.2 Å². The first-order chi connectivity index (χ1) is 16.1. The molecular formula is C29H30F2O2. The van der Waals surface area contributed by atoms with E-state index in [0.29, 0.717) is 23.7 Å². The predicted molar refractivity (Wildman–Crippen MR) is 129 cm³/mol. The average Bonchev–Trinajstić information content (AvgIpc) is 2.85. The van der Waals surface area contributed by atoms with Crippen molar-refractivity contribution in [1.82, 2.24) is 0 Å². The Morgan fingerprint density at radius 2 is 1.67 bits per heavy atom. The lowest BCUT2D eigenvalue weighted by atomic mass is 9.92. The third-order valence-corrected chi connectivity index (χ3v) is 6.31. The zero-order valence-electron chi connectivity index (χ0n) is 19.0. The van der Waals surface area contributed by atoms with Crippen LogP contribution in [0, 0.1) is 17.6 Å². The molecule has 0 bridgehead atoms. The first kappa shape index (κ1) is 23.2. The van der Waals surface area contributed by atoms with Crippen molar-refractivity contribution in [1.29, 1.82) is 0 Å². The minimum absolute atomic E-state index is 0.176. The van der Waals surface area contributed by atoms with Crippen LogP contribution in [-0.4, -0.2) is 19.3 Å². The van der Waals surface area contributed by atoms with Crippen molar-refractivity contribution in [2.45, 2.75) is 38.7 Å².